The number of hydrogen-bond donors (Lipinski definition) is 1. The van der Waals surface area contributed by atoms with E-state index >= 15 is 0 Å². The summed E-state index contributed by atoms with van der Waals surface area (Å²) in [6.45, 7) is 5.66. The average Bonchev–Trinajstić information content (AvgIpc) is 2.44. The van der Waals surface area contributed by atoms with Gasteiger partial charge in [0.15, 0.2) is 18.1 Å². The van der Waals surface area contributed by atoms with Crippen LogP contribution in [0.5, 0.6) is 11.5 Å². The second-order valence-corrected chi connectivity index (χ2v) is 4.98. The normalized spacial score (nSPS) is 11.9. The van der Waals surface area contributed by atoms with Crippen LogP contribution in [0.2, 0.25) is 0 Å². The van der Waals surface area contributed by atoms with E-state index in [1.54, 1.807) is 0 Å². The molecule has 7 nitrogen and oxygen atoms in total. The third-order valence-corrected chi connectivity index (χ3v) is 3.11. The highest BCUT2D eigenvalue weighted by Gasteiger charge is 2.15. The average molecular weight is 296 g/mol. The van der Waals surface area contributed by atoms with E-state index in [0.29, 0.717) is 11.7 Å². The van der Waals surface area contributed by atoms with E-state index in [1.807, 2.05) is 20.8 Å². The van der Waals surface area contributed by atoms with Gasteiger partial charge in [-0.25, -0.2) is 0 Å². The number of non-ortho nitro benzene ring substituents is 1. The minimum Gasteiger partial charge on any atom is -0.493 e. The molecule has 0 unspecified atom stereocenters. The number of hydrogen-bond acceptors (Lipinski definition) is 5. The smallest absolute Gasteiger partial charge is 0.273 e. The van der Waals surface area contributed by atoms with Gasteiger partial charge in [0.25, 0.3) is 11.6 Å². The molecule has 1 aromatic carbocycles. The van der Waals surface area contributed by atoms with Crippen molar-refractivity contribution >= 4 is 11.6 Å². The first-order chi connectivity index (χ1) is 9.85. The molecular formula is C14H20N2O5. The van der Waals surface area contributed by atoms with Crippen molar-refractivity contribution in [2.45, 2.75) is 26.8 Å². The van der Waals surface area contributed by atoms with Gasteiger partial charge in [0.2, 0.25) is 0 Å². The first-order valence-electron chi connectivity index (χ1n) is 6.59. The molecule has 0 saturated heterocycles. The fraction of sp³-hybridized carbons (Fsp3) is 0.500. The number of nitro groups is 1. The SMILES string of the molecule is COc1ccc([N+](=O)[O-])cc1OCC(=O)N[C@H](C)C(C)C. The number of nitrogens with one attached hydrogen (secondary N) is 1. The Morgan fingerprint density at radius 3 is 2.52 bits per heavy atom. The van der Waals surface area contributed by atoms with Gasteiger partial charge < -0.3 is 14.8 Å². The summed E-state index contributed by atoms with van der Waals surface area (Å²) in [7, 11) is 1.43. The Bertz CT molecular complexity index is 516. The zero-order valence-electron chi connectivity index (χ0n) is 12.6. The maximum absolute atomic E-state index is 11.7. The lowest BCUT2D eigenvalue weighted by molar-refractivity contribution is -0.385. The molecule has 0 spiro atoms. The van der Waals surface area contributed by atoms with E-state index in [4.69, 9.17) is 9.47 Å². The monoisotopic (exact) mass is 296 g/mol. The van der Waals surface area contributed by atoms with Crippen molar-refractivity contribution in [3.8, 4) is 11.5 Å². The fourth-order valence-electron chi connectivity index (χ4n) is 1.50. The van der Waals surface area contributed by atoms with Crippen molar-refractivity contribution < 1.29 is 19.2 Å². The summed E-state index contributed by atoms with van der Waals surface area (Å²) >= 11 is 0. The summed E-state index contributed by atoms with van der Waals surface area (Å²) < 4.78 is 10.4. The number of carbonyl (C=O) groups excluding carboxylic acids is 1. The van der Waals surface area contributed by atoms with Crippen LogP contribution in [0, 0.1) is 16.0 Å². The number of carbonyl (C=O) groups is 1. The highest BCUT2D eigenvalue weighted by atomic mass is 16.6. The van der Waals surface area contributed by atoms with E-state index in [2.05, 4.69) is 5.32 Å². The predicted octanol–water partition coefficient (Wildman–Crippen LogP) is 2.14. The van der Waals surface area contributed by atoms with E-state index in [0.717, 1.165) is 0 Å². The Labute approximate surface area is 123 Å². The van der Waals surface area contributed by atoms with Gasteiger partial charge in [-0.05, 0) is 18.9 Å². The molecule has 1 aromatic rings. The van der Waals surface area contributed by atoms with E-state index in [-0.39, 0.29) is 30.0 Å². The van der Waals surface area contributed by atoms with Gasteiger partial charge in [0, 0.05) is 12.1 Å². The number of rotatable bonds is 7. The van der Waals surface area contributed by atoms with Crippen molar-refractivity contribution in [1.82, 2.24) is 5.32 Å². The second-order valence-electron chi connectivity index (χ2n) is 4.98. The zero-order valence-corrected chi connectivity index (χ0v) is 12.6. The molecule has 1 amide bonds. The quantitative estimate of drug-likeness (QED) is 0.615. The molecule has 0 heterocycles. The first kappa shape index (κ1) is 16.7. The van der Waals surface area contributed by atoms with Crippen LogP contribution in [-0.4, -0.2) is 30.6 Å². The Morgan fingerprint density at radius 1 is 1.33 bits per heavy atom. The molecule has 0 aliphatic heterocycles. The van der Waals surface area contributed by atoms with Crippen LogP contribution in [0.1, 0.15) is 20.8 Å². The summed E-state index contributed by atoms with van der Waals surface area (Å²) in [5.74, 6) is 0.524. The first-order valence-corrected chi connectivity index (χ1v) is 6.59. The van der Waals surface area contributed by atoms with Crippen molar-refractivity contribution in [1.29, 1.82) is 0 Å². The Hall–Kier alpha value is -2.31. The Kier molecular flexibility index (Phi) is 5.95. The lowest BCUT2D eigenvalue weighted by Gasteiger charge is -2.17. The van der Waals surface area contributed by atoms with E-state index in [1.165, 1.54) is 25.3 Å². The van der Waals surface area contributed by atoms with Crippen LogP contribution in [0.4, 0.5) is 5.69 Å². The van der Waals surface area contributed by atoms with Crippen LogP contribution in [0.25, 0.3) is 0 Å². The highest BCUT2D eigenvalue weighted by molar-refractivity contribution is 5.78. The van der Waals surface area contributed by atoms with E-state index < -0.39 is 4.92 Å². The van der Waals surface area contributed by atoms with Crippen LogP contribution in [-0.2, 0) is 4.79 Å². The number of nitrogens with zero attached hydrogens (tertiary/aromatic N) is 1. The number of ether oxygens (including phenoxy) is 2. The van der Waals surface area contributed by atoms with Crippen molar-refractivity contribution in [3.05, 3.63) is 28.3 Å². The standard InChI is InChI=1S/C14H20N2O5/c1-9(2)10(3)15-14(17)8-21-13-7-11(16(18)19)5-6-12(13)20-4/h5-7,9-10H,8H2,1-4H3,(H,15,17)/t10-/m1/s1. The minimum absolute atomic E-state index is 0.0214. The van der Waals surface area contributed by atoms with Gasteiger partial charge in [-0.1, -0.05) is 13.8 Å². The zero-order chi connectivity index (χ0) is 16.0. The van der Waals surface area contributed by atoms with Crippen LogP contribution in [0.15, 0.2) is 18.2 Å². The highest BCUT2D eigenvalue weighted by Crippen LogP contribution is 2.30. The van der Waals surface area contributed by atoms with Gasteiger partial charge in [-0.3, -0.25) is 14.9 Å². The van der Waals surface area contributed by atoms with Crippen molar-refractivity contribution in [3.63, 3.8) is 0 Å². The molecule has 0 bridgehead atoms. The van der Waals surface area contributed by atoms with Crippen molar-refractivity contribution in [2.24, 2.45) is 5.92 Å². The lowest BCUT2D eigenvalue weighted by atomic mass is 10.1. The maximum Gasteiger partial charge on any atom is 0.273 e. The van der Waals surface area contributed by atoms with E-state index in [9.17, 15) is 14.9 Å². The van der Waals surface area contributed by atoms with Gasteiger partial charge in [0.1, 0.15) is 0 Å². The minimum atomic E-state index is -0.535. The fourth-order valence-corrected chi connectivity index (χ4v) is 1.50. The third kappa shape index (κ3) is 4.94. The predicted molar refractivity (Wildman–Crippen MR) is 77.6 cm³/mol. The molecule has 0 aliphatic rings. The molecule has 0 aliphatic carbocycles. The number of methoxy groups -OCH3 is 1. The molecule has 0 radical (unpaired) electrons. The summed E-state index contributed by atoms with van der Waals surface area (Å²) in [6, 6.07) is 4.00. The topological polar surface area (TPSA) is 90.7 Å². The summed E-state index contributed by atoms with van der Waals surface area (Å²) in [6.07, 6.45) is 0. The van der Waals surface area contributed by atoms with Crippen LogP contribution >= 0.6 is 0 Å². The van der Waals surface area contributed by atoms with Crippen LogP contribution in [0.3, 0.4) is 0 Å². The molecular weight excluding hydrogens is 276 g/mol. The molecule has 0 aromatic heterocycles. The molecule has 0 saturated carbocycles. The molecule has 116 valence electrons. The second kappa shape index (κ2) is 7.47. The summed E-state index contributed by atoms with van der Waals surface area (Å²) in [5.41, 5.74) is -0.123. The van der Waals surface area contributed by atoms with Crippen molar-refractivity contribution in [2.75, 3.05) is 13.7 Å². The number of amides is 1. The Morgan fingerprint density at radius 2 is 2.00 bits per heavy atom. The summed E-state index contributed by atoms with van der Waals surface area (Å²) in [5, 5.41) is 13.5. The molecule has 1 atom stereocenters. The maximum atomic E-state index is 11.7. The largest absolute Gasteiger partial charge is 0.493 e. The number of nitro benzene ring substituents is 1. The summed E-state index contributed by atoms with van der Waals surface area (Å²) in [4.78, 5) is 21.9. The molecule has 0 fully saturated rings. The van der Waals surface area contributed by atoms with Gasteiger partial charge in [-0.15, -0.1) is 0 Å². The number of benzene rings is 1. The molecule has 1 N–H and O–H groups in total. The van der Waals surface area contributed by atoms with Crippen LogP contribution < -0.4 is 14.8 Å². The lowest BCUT2D eigenvalue weighted by Crippen LogP contribution is -2.38. The Balaban J connectivity index is 2.71. The van der Waals surface area contributed by atoms with Gasteiger partial charge in [0.05, 0.1) is 18.1 Å². The third-order valence-electron chi connectivity index (χ3n) is 3.11. The molecule has 21 heavy (non-hydrogen) atoms. The van der Waals surface area contributed by atoms with Gasteiger partial charge >= 0.3 is 0 Å². The molecule has 1 rings (SSSR count). The molecule has 7 heteroatoms. The van der Waals surface area contributed by atoms with Gasteiger partial charge in [-0.2, -0.15) is 0 Å².